The average Bonchev–Trinajstić information content (AvgIpc) is 2.30. The van der Waals surface area contributed by atoms with Gasteiger partial charge in [-0.2, -0.15) is 0 Å². The number of nitrogens with one attached hydrogen (secondary N) is 1. The van der Waals surface area contributed by atoms with Gasteiger partial charge in [-0.15, -0.1) is 22.6 Å². The monoisotopic (exact) mass is 231 g/mol. The summed E-state index contributed by atoms with van der Waals surface area (Å²) in [4.78, 5) is 2.14. The zero-order valence-electron chi connectivity index (χ0n) is 8.22. The van der Waals surface area contributed by atoms with Gasteiger partial charge in [-0.25, -0.2) is 5.84 Å². The van der Waals surface area contributed by atoms with Gasteiger partial charge in [-0.3, -0.25) is 0 Å². The standard InChI is InChI=1S/C8H13N5O.ClH/c9-10-7-1-2-8(12-11-7)13-3-5-14-6-4-13;/h1-2H,3-6,9H2,(H,10,11);1H. The van der Waals surface area contributed by atoms with Crippen LogP contribution in [0, 0.1) is 0 Å². The molecule has 1 aromatic heterocycles. The molecule has 2 rings (SSSR count). The molecule has 15 heavy (non-hydrogen) atoms. The molecule has 0 amide bonds. The third-order valence-electron chi connectivity index (χ3n) is 2.13. The Morgan fingerprint density at radius 3 is 2.53 bits per heavy atom. The first-order valence-corrected chi connectivity index (χ1v) is 4.53. The Bertz CT molecular complexity index is 288. The van der Waals surface area contributed by atoms with Gasteiger partial charge in [-0.1, -0.05) is 0 Å². The van der Waals surface area contributed by atoms with Gasteiger partial charge < -0.3 is 15.1 Å². The number of nitrogen functional groups attached to an aromatic ring is 1. The molecule has 0 saturated carbocycles. The summed E-state index contributed by atoms with van der Waals surface area (Å²) in [5.41, 5.74) is 2.44. The number of hydrazine groups is 1. The first kappa shape index (κ1) is 12.0. The van der Waals surface area contributed by atoms with E-state index in [1.807, 2.05) is 6.07 Å². The molecule has 1 saturated heterocycles. The second-order valence-corrected chi connectivity index (χ2v) is 3.02. The molecule has 0 unspecified atom stereocenters. The molecule has 0 aliphatic carbocycles. The number of halogens is 1. The fraction of sp³-hybridized carbons (Fsp3) is 0.500. The SMILES string of the molecule is Cl.NNc1ccc(N2CCOCC2)nn1. The van der Waals surface area contributed by atoms with Crippen molar-refractivity contribution in [3.8, 4) is 0 Å². The minimum atomic E-state index is 0. The number of hydrogen-bond acceptors (Lipinski definition) is 6. The lowest BCUT2D eigenvalue weighted by Crippen LogP contribution is -2.36. The summed E-state index contributed by atoms with van der Waals surface area (Å²) < 4.78 is 5.24. The van der Waals surface area contributed by atoms with E-state index in [2.05, 4.69) is 20.5 Å². The number of anilines is 2. The van der Waals surface area contributed by atoms with Crippen molar-refractivity contribution < 1.29 is 4.74 Å². The van der Waals surface area contributed by atoms with Crippen molar-refractivity contribution in [2.45, 2.75) is 0 Å². The Hall–Kier alpha value is -1.11. The van der Waals surface area contributed by atoms with Gasteiger partial charge in [-0.05, 0) is 12.1 Å². The van der Waals surface area contributed by atoms with E-state index < -0.39 is 0 Å². The molecule has 1 aliphatic rings. The highest BCUT2D eigenvalue weighted by atomic mass is 35.5. The maximum atomic E-state index is 5.24. The van der Waals surface area contributed by atoms with Gasteiger partial charge >= 0.3 is 0 Å². The van der Waals surface area contributed by atoms with Crippen LogP contribution in [0.3, 0.4) is 0 Å². The van der Waals surface area contributed by atoms with Crippen LogP contribution in [0.15, 0.2) is 12.1 Å². The fourth-order valence-electron chi connectivity index (χ4n) is 1.36. The predicted octanol–water partition coefficient (Wildman–Crippen LogP) is 0.0206. The van der Waals surface area contributed by atoms with Crippen LogP contribution in [-0.4, -0.2) is 36.5 Å². The van der Waals surface area contributed by atoms with Crippen LogP contribution in [0.4, 0.5) is 11.6 Å². The Labute approximate surface area is 94.2 Å². The zero-order chi connectivity index (χ0) is 9.80. The van der Waals surface area contributed by atoms with Crippen molar-refractivity contribution in [1.29, 1.82) is 0 Å². The molecule has 2 heterocycles. The maximum Gasteiger partial charge on any atom is 0.162 e. The van der Waals surface area contributed by atoms with Crippen LogP contribution in [0.25, 0.3) is 0 Å². The molecule has 1 aliphatic heterocycles. The lowest BCUT2D eigenvalue weighted by atomic mass is 10.4. The highest BCUT2D eigenvalue weighted by Gasteiger charge is 2.12. The van der Waals surface area contributed by atoms with E-state index in [1.165, 1.54) is 0 Å². The smallest absolute Gasteiger partial charge is 0.162 e. The van der Waals surface area contributed by atoms with Crippen molar-refractivity contribution in [3.63, 3.8) is 0 Å². The summed E-state index contributed by atoms with van der Waals surface area (Å²) in [6.45, 7) is 3.23. The second kappa shape index (κ2) is 5.69. The fourth-order valence-corrected chi connectivity index (χ4v) is 1.36. The Morgan fingerprint density at radius 2 is 2.00 bits per heavy atom. The number of aromatic nitrogens is 2. The Kier molecular flexibility index (Phi) is 4.54. The van der Waals surface area contributed by atoms with E-state index in [4.69, 9.17) is 10.6 Å². The molecule has 0 spiro atoms. The van der Waals surface area contributed by atoms with Crippen LogP contribution < -0.4 is 16.2 Å². The average molecular weight is 232 g/mol. The Morgan fingerprint density at radius 1 is 1.27 bits per heavy atom. The van der Waals surface area contributed by atoms with Gasteiger partial charge in [0.15, 0.2) is 11.6 Å². The molecule has 1 aromatic rings. The van der Waals surface area contributed by atoms with Crippen molar-refractivity contribution in [2.24, 2.45) is 5.84 Å². The van der Waals surface area contributed by atoms with Crippen molar-refractivity contribution in [2.75, 3.05) is 36.6 Å². The van der Waals surface area contributed by atoms with Gasteiger partial charge in [0.2, 0.25) is 0 Å². The molecule has 84 valence electrons. The van der Waals surface area contributed by atoms with Gasteiger partial charge in [0.25, 0.3) is 0 Å². The van der Waals surface area contributed by atoms with Crippen molar-refractivity contribution in [3.05, 3.63) is 12.1 Å². The van der Waals surface area contributed by atoms with E-state index in [0.717, 1.165) is 32.1 Å². The molecule has 0 atom stereocenters. The van der Waals surface area contributed by atoms with Crippen LogP contribution in [0.2, 0.25) is 0 Å². The molecule has 1 fully saturated rings. The lowest BCUT2D eigenvalue weighted by Gasteiger charge is -2.27. The van der Waals surface area contributed by atoms with Crippen LogP contribution in [-0.2, 0) is 4.74 Å². The third-order valence-corrected chi connectivity index (χ3v) is 2.13. The third kappa shape index (κ3) is 2.92. The summed E-state index contributed by atoms with van der Waals surface area (Å²) in [6, 6.07) is 3.70. The molecular weight excluding hydrogens is 218 g/mol. The minimum absolute atomic E-state index is 0. The van der Waals surface area contributed by atoms with Crippen LogP contribution in [0.5, 0.6) is 0 Å². The lowest BCUT2D eigenvalue weighted by molar-refractivity contribution is 0.122. The first-order chi connectivity index (χ1) is 6.90. The molecule has 6 nitrogen and oxygen atoms in total. The largest absolute Gasteiger partial charge is 0.378 e. The quantitative estimate of drug-likeness (QED) is 0.552. The normalized spacial score (nSPS) is 15.7. The number of rotatable bonds is 2. The molecule has 3 N–H and O–H groups in total. The maximum absolute atomic E-state index is 5.24. The predicted molar refractivity (Wildman–Crippen MR) is 60.1 cm³/mol. The number of nitrogens with two attached hydrogens (primary N) is 1. The zero-order valence-corrected chi connectivity index (χ0v) is 9.04. The summed E-state index contributed by atoms with van der Waals surface area (Å²) in [6.07, 6.45) is 0. The van der Waals surface area contributed by atoms with Crippen molar-refractivity contribution in [1.82, 2.24) is 10.2 Å². The summed E-state index contributed by atoms with van der Waals surface area (Å²) in [7, 11) is 0. The van der Waals surface area contributed by atoms with Gasteiger partial charge in [0, 0.05) is 13.1 Å². The van der Waals surface area contributed by atoms with E-state index in [-0.39, 0.29) is 12.4 Å². The molecular formula is C8H14ClN5O. The number of hydrogen-bond donors (Lipinski definition) is 2. The molecule has 7 heteroatoms. The van der Waals surface area contributed by atoms with Gasteiger partial charge in [0.05, 0.1) is 13.2 Å². The molecule has 0 radical (unpaired) electrons. The van der Waals surface area contributed by atoms with E-state index in [1.54, 1.807) is 6.07 Å². The van der Waals surface area contributed by atoms with Gasteiger partial charge in [0.1, 0.15) is 0 Å². The van der Waals surface area contributed by atoms with Crippen LogP contribution in [0.1, 0.15) is 0 Å². The minimum Gasteiger partial charge on any atom is -0.378 e. The number of nitrogens with zero attached hydrogens (tertiary/aromatic N) is 3. The highest BCUT2D eigenvalue weighted by molar-refractivity contribution is 5.85. The van der Waals surface area contributed by atoms with Crippen molar-refractivity contribution >= 4 is 24.0 Å². The van der Waals surface area contributed by atoms with Crippen LogP contribution >= 0.6 is 12.4 Å². The Balaban J connectivity index is 0.00000112. The number of ether oxygens (including phenoxy) is 1. The van der Waals surface area contributed by atoms with E-state index >= 15 is 0 Å². The number of morpholine rings is 1. The molecule has 0 aromatic carbocycles. The highest BCUT2D eigenvalue weighted by Crippen LogP contribution is 2.12. The molecule has 0 bridgehead atoms. The second-order valence-electron chi connectivity index (χ2n) is 3.02. The summed E-state index contributed by atoms with van der Waals surface area (Å²) in [5.74, 6) is 6.63. The topological polar surface area (TPSA) is 76.3 Å². The van der Waals surface area contributed by atoms with E-state index in [9.17, 15) is 0 Å². The summed E-state index contributed by atoms with van der Waals surface area (Å²) in [5, 5.41) is 7.95. The first-order valence-electron chi connectivity index (χ1n) is 4.53. The summed E-state index contributed by atoms with van der Waals surface area (Å²) >= 11 is 0. The van der Waals surface area contributed by atoms with E-state index in [0.29, 0.717) is 5.82 Å².